The van der Waals surface area contributed by atoms with E-state index in [1.807, 2.05) is 37.3 Å². The molecule has 2 aliphatic rings. The first kappa shape index (κ1) is 62.7. The number of carbonyl (C=O) groups is 1. The standard InChI is InChI=1S/C28H31F6N5O3.C27H28F6N4O3/c1-3-23(35-17-40)26(39-16-37-38-24(39)41)10-9-25(36-14-26,20-7-5-4-6-8-20)15-42-18(2)19-11-21(27(29,30)31)13-22(12-19)28(32,33)34;1-3-22(38)25(37-16-35-36-23(37)39)10-9-24(34-14-25,19-7-5-4-6-8-19)15-40-17(2)18-11-20(26(28,29)30)13-21(12-18)27(31,32)33/h4-8,11-13,16,18,36,40H,3,9-10,14-15,17H2,1-2H3,(H,38,41);4-8,11-13,16-17,34H,3,9-10,14-15H2,1-2H3,(H,36,39)/t18-,25-,26+;17-,24-,25+/m11/s1. The van der Waals surface area contributed by atoms with E-state index in [2.05, 4.69) is 36.0 Å². The molecule has 15 nitrogen and oxygen atoms in total. The molecule has 2 fully saturated rings. The van der Waals surface area contributed by atoms with Gasteiger partial charge in [-0.1, -0.05) is 74.5 Å². The average molecular weight is 1170 g/mol. The first-order valence-electron chi connectivity index (χ1n) is 25.8. The highest BCUT2D eigenvalue weighted by Crippen LogP contribution is 2.44. The molecule has 0 amide bonds. The number of nitrogens with zero attached hydrogens (tertiary/aromatic N) is 5. The smallest absolute Gasteiger partial charge is 0.375 e. The zero-order valence-corrected chi connectivity index (χ0v) is 44.6. The van der Waals surface area contributed by atoms with E-state index in [1.165, 1.54) is 35.6 Å². The SMILES string of the molecule is CCC(=NCO)[C@]1(n2cn[nH]c2=O)CC[C@@](CO[C@H](C)c2cc(C(F)(F)F)cc(C(F)(F)F)c2)(c2ccccc2)NC1.CCC(=O)[C@]1(n2cn[nH]c2=O)CC[C@@](CO[C@H](C)c2cc(C(F)(F)F)cc(C(F)(F)F)c2)(c2ccccc2)NC1. The predicted molar refractivity (Wildman–Crippen MR) is 274 cm³/mol. The van der Waals surface area contributed by atoms with Crippen LogP contribution in [0.4, 0.5) is 52.7 Å². The van der Waals surface area contributed by atoms with Gasteiger partial charge in [0.1, 0.15) is 30.5 Å². The number of aliphatic hydroxyl groups excluding tert-OH is 1. The Balaban J connectivity index is 0.000000236. The number of piperidine rings is 2. The van der Waals surface area contributed by atoms with Crippen molar-refractivity contribution in [2.45, 2.75) is 125 Å². The largest absolute Gasteiger partial charge is 0.416 e. The molecule has 444 valence electrons. The Kier molecular flexibility index (Phi) is 18.7. The van der Waals surface area contributed by atoms with E-state index in [0.717, 1.165) is 11.1 Å². The molecule has 0 spiro atoms. The number of aromatic amines is 2. The monoisotopic (exact) mass is 1170 g/mol. The first-order valence-corrected chi connectivity index (χ1v) is 25.8. The second kappa shape index (κ2) is 24.5. The minimum Gasteiger partial charge on any atom is -0.375 e. The lowest BCUT2D eigenvalue weighted by Crippen LogP contribution is -2.63. The van der Waals surface area contributed by atoms with Crippen molar-refractivity contribution in [2.24, 2.45) is 4.99 Å². The number of aromatic nitrogens is 6. The fourth-order valence-electron chi connectivity index (χ4n) is 10.7. The van der Waals surface area contributed by atoms with Crippen LogP contribution >= 0.6 is 0 Å². The van der Waals surface area contributed by atoms with Gasteiger partial charge in [-0.15, -0.1) is 0 Å². The number of aliphatic imine (C=N–C) groups is 1. The number of rotatable bonds is 17. The molecule has 8 rings (SSSR count). The van der Waals surface area contributed by atoms with Gasteiger partial charge in [0.05, 0.1) is 58.8 Å². The summed E-state index contributed by atoms with van der Waals surface area (Å²) in [6.45, 7) is 5.75. The van der Waals surface area contributed by atoms with Crippen LogP contribution in [-0.2, 0) is 61.1 Å². The number of benzene rings is 4. The molecule has 0 unspecified atom stereocenters. The minimum absolute atomic E-state index is 0.0214. The van der Waals surface area contributed by atoms with Gasteiger partial charge < -0.3 is 25.2 Å². The number of aliphatic hydroxyl groups is 1. The van der Waals surface area contributed by atoms with Crippen molar-refractivity contribution in [3.63, 3.8) is 0 Å². The summed E-state index contributed by atoms with van der Waals surface area (Å²) in [7, 11) is 0. The second-order valence-electron chi connectivity index (χ2n) is 20.2. The second-order valence-corrected chi connectivity index (χ2v) is 20.2. The van der Waals surface area contributed by atoms with Gasteiger partial charge in [-0.2, -0.15) is 62.9 Å². The molecule has 0 aliphatic carbocycles. The zero-order chi connectivity index (χ0) is 60.1. The van der Waals surface area contributed by atoms with Crippen LogP contribution in [0.15, 0.2) is 124 Å². The van der Waals surface area contributed by atoms with E-state index in [-0.39, 0.29) is 74.6 Å². The fourth-order valence-corrected chi connectivity index (χ4v) is 10.7. The Morgan fingerprint density at radius 2 is 0.951 bits per heavy atom. The molecule has 0 saturated carbocycles. The highest BCUT2D eigenvalue weighted by atomic mass is 19.4. The number of halogens is 12. The number of H-pyrrole nitrogens is 2. The van der Waals surface area contributed by atoms with Gasteiger partial charge in [0.25, 0.3) is 0 Å². The van der Waals surface area contributed by atoms with E-state index >= 15 is 0 Å². The van der Waals surface area contributed by atoms with Gasteiger partial charge in [0.2, 0.25) is 0 Å². The molecule has 2 saturated heterocycles. The third-order valence-corrected chi connectivity index (χ3v) is 15.3. The number of hydrogen-bond donors (Lipinski definition) is 5. The van der Waals surface area contributed by atoms with Gasteiger partial charge in [0.15, 0.2) is 5.78 Å². The predicted octanol–water partition coefficient (Wildman–Crippen LogP) is 10.5. The Morgan fingerprint density at radius 1 is 0.585 bits per heavy atom. The highest BCUT2D eigenvalue weighted by molar-refractivity contribution is 5.92. The van der Waals surface area contributed by atoms with Gasteiger partial charge >= 0.3 is 36.1 Å². The quantitative estimate of drug-likeness (QED) is 0.0433. The van der Waals surface area contributed by atoms with Gasteiger partial charge in [-0.05, 0) is 105 Å². The van der Waals surface area contributed by atoms with Crippen LogP contribution < -0.4 is 22.0 Å². The number of ether oxygens (including phenoxy) is 2. The molecule has 27 heteroatoms. The number of Topliss-reactive ketones (excluding diaryl/α,β-unsaturated/α-hetero) is 1. The lowest BCUT2D eigenvalue weighted by atomic mass is 9.73. The third-order valence-electron chi connectivity index (χ3n) is 15.3. The molecule has 4 aromatic carbocycles. The van der Waals surface area contributed by atoms with Crippen LogP contribution in [0.25, 0.3) is 0 Å². The summed E-state index contributed by atoms with van der Waals surface area (Å²) in [5, 5.41) is 28.7. The van der Waals surface area contributed by atoms with Crippen LogP contribution in [0, 0.1) is 0 Å². The maximum absolute atomic E-state index is 13.5. The van der Waals surface area contributed by atoms with Crippen LogP contribution in [0.5, 0.6) is 0 Å². The van der Waals surface area contributed by atoms with Crippen molar-refractivity contribution >= 4 is 11.5 Å². The normalized spacial score (nSPS) is 22.7. The van der Waals surface area contributed by atoms with E-state index in [9.17, 15) is 72.2 Å². The molecule has 2 aromatic heterocycles. The Morgan fingerprint density at radius 3 is 1.24 bits per heavy atom. The lowest BCUT2D eigenvalue weighted by Gasteiger charge is -2.48. The fraction of sp³-hybridized carbons (Fsp3) is 0.455. The van der Waals surface area contributed by atoms with E-state index in [4.69, 9.17) is 9.47 Å². The van der Waals surface area contributed by atoms with Crippen LogP contribution in [0.3, 0.4) is 0 Å². The van der Waals surface area contributed by atoms with Crippen molar-refractivity contribution in [3.05, 3.63) is 175 Å². The van der Waals surface area contributed by atoms with Crippen molar-refractivity contribution in [3.8, 4) is 0 Å². The third kappa shape index (κ3) is 13.4. The summed E-state index contributed by atoms with van der Waals surface area (Å²) in [5.41, 5.74) is -9.24. The Hall–Kier alpha value is -6.94. The Bertz CT molecular complexity index is 3200. The summed E-state index contributed by atoms with van der Waals surface area (Å²) in [6.07, 6.45) is -17.8. The Labute approximate surface area is 461 Å². The van der Waals surface area contributed by atoms with Crippen molar-refractivity contribution in [1.82, 2.24) is 40.2 Å². The molecule has 4 heterocycles. The highest BCUT2D eigenvalue weighted by Gasteiger charge is 2.51. The van der Waals surface area contributed by atoms with Gasteiger partial charge in [0, 0.05) is 25.2 Å². The van der Waals surface area contributed by atoms with Crippen molar-refractivity contribution < 1.29 is 72.1 Å². The number of carbonyl (C=O) groups excluding carboxylic acids is 1. The molecule has 0 radical (unpaired) electrons. The summed E-state index contributed by atoms with van der Waals surface area (Å²) < 4.78 is 176. The molecule has 6 atom stereocenters. The molecular weight excluding hydrogens is 1110 g/mol. The van der Waals surface area contributed by atoms with E-state index < -0.39 is 99.4 Å². The summed E-state index contributed by atoms with van der Waals surface area (Å²) in [5.74, 6) is -0.192. The zero-order valence-electron chi connectivity index (χ0n) is 44.6. The number of alkyl halides is 12. The molecule has 6 aromatic rings. The summed E-state index contributed by atoms with van der Waals surface area (Å²) in [4.78, 5) is 42.4. The van der Waals surface area contributed by atoms with E-state index in [0.29, 0.717) is 49.2 Å². The van der Waals surface area contributed by atoms with E-state index in [1.54, 1.807) is 37.3 Å². The number of ketones is 1. The topological polar surface area (TPSA) is 194 Å². The van der Waals surface area contributed by atoms with Gasteiger partial charge in [-0.3, -0.25) is 18.9 Å². The van der Waals surface area contributed by atoms with Gasteiger partial charge in [-0.25, -0.2) is 19.8 Å². The molecule has 82 heavy (non-hydrogen) atoms. The van der Waals surface area contributed by atoms with Crippen molar-refractivity contribution in [2.75, 3.05) is 33.0 Å². The average Bonchev–Trinajstić information content (AvgIpc) is 3.16. The molecule has 2 aliphatic heterocycles. The maximum atomic E-state index is 13.5. The lowest BCUT2D eigenvalue weighted by molar-refractivity contribution is -0.145. The minimum atomic E-state index is -4.98. The molecular formula is C55H59F12N9O6. The summed E-state index contributed by atoms with van der Waals surface area (Å²) >= 11 is 0. The van der Waals surface area contributed by atoms with Crippen LogP contribution in [-0.4, -0.2) is 79.2 Å². The molecule has 5 N–H and O–H groups in total. The first-order chi connectivity index (χ1) is 38.5. The number of hydrogen-bond acceptors (Lipinski definition) is 11. The summed E-state index contributed by atoms with van der Waals surface area (Å²) in [6, 6.07) is 20.9. The molecule has 0 bridgehead atoms. The maximum Gasteiger partial charge on any atom is 0.416 e. The van der Waals surface area contributed by atoms with Crippen LogP contribution in [0.2, 0.25) is 0 Å². The van der Waals surface area contributed by atoms with Crippen LogP contribution in [0.1, 0.15) is 123 Å². The number of nitrogens with one attached hydrogen (secondary N) is 4. The van der Waals surface area contributed by atoms with Crippen molar-refractivity contribution in [1.29, 1.82) is 0 Å².